The molecular formula is C23H23ClF2N6O. The molecule has 0 saturated carbocycles. The van der Waals surface area contributed by atoms with Crippen LogP contribution in [0.5, 0.6) is 0 Å². The number of hydrogen-bond acceptors (Lipinski definition) is 5. The van der Waals surface area contributed by atoms with Gasteiger partial charge in [0.2, 0.25) is 5.95 Å². The molecule has 0 aliphatic carbocycles. The SMILES string of the molecule is CNC[C@@H](NC(=O)N1CCc2cnc(Nc3ccc(F)cc3)nc2C1)c1ccc(F)c(Cl)c1. The molecule has 0 fully saturated rings. The predicted octanol–water partition coefficient (Wildman–Crippen LogP) is 4.18. The first-order valence-electron chi connectivity index (χ1n) is 10.5. The Morgan fingerprint density at radius 1 is 1.21 bits per heavy atom. The van der Waals surface area contributed by atoms with Crippen LogP contribution in [-0.2, 0) is 13.0 Å². The van der Waals surface area contributed by atoms with Crippen molar-refractivity contribution in [3.05, 3.63) is 82.1 Å². The standard InChI is InChI=1S/C23H23ClF2N6O/c1-27-12-20(14-2-7-19(26)18(24)10-14)31-23(33)32-9-8-15-11-28-22(30-21(15)13-32)29-17-5-3-16(25)4-6-17/h2-7,10-11,20,27H,8-9,12-13H2,1H3,(H,31,33)(H,28,29,30)/t20-/m1/s1. The maximum atomic E-state index is 13.6. The molecule has 3 N–H and O–H groups in total. The average Bonchev–Trinajstić information content (AvgIpc) is 2.81. The summed E-state index contributed by atoms with van der Waals surface area (Å²) in [4.78, 5) is 23.6. The summed E-state index contributed by atoms with van der Waals surface area (Å²) in [5.41, 5.74) is 3.08. The molecule has 172 valence electrons. The van der Waals surface area contributed by atoms with Gasteiger partial charge in [0, 0.05) is 25.0 Å². The van der Waals surface area contributed by atoms with E-state index < -0.39 is 5.82 Å². The maximum Gasteiger partial charge on any atom is 0.318 e. The van der Waals surface area contributed by atoms with Gasteiger partial charge in [-0.2, -0.15) is 0 Å². The van der Waals surface area contributed by atoms with Gasteiger partial charge in [-0.1, -0.05) is 17.7 Å². The fourth-order valence-electron chi connectivity index (χ4n) is 3.62. The predicted molar refractivity (Wildman–Crippen MR) is 122 cm³/mol. The van der Waals surface area contributed by atoms with Crippen LogP contribution in [0.1, 0.15) is 22.9 Å². The van der Waals surface area contributed by atoms with E-state index in [1.807, 2.05) is 0 Å². The van der Waals surface area contributed by atoms with Crippen molar-refractivity contribution in [1.29, 1.82) is 0 Å². The summed E-state index contributed by atoms with van der Waals surface area (Å²) >= 11 is 5.92. The van der Waals surface area contributed by atoms with Gasteiger partial charge >= 0.3 is 6.03 Å². The van der Waals surface area contributed by atoms with E-state index in [-0.39, 0.29) is 22.9 Å². The fourth-order valence-corrected chi connectivity index (χ4v) is 3.81. The van der Waals surface area contributed by atoms with Crippen molar-refractivity contribution >= 4 is 29.3 Å². The number of anilines is 2. The van der Waals surface area contributed by atoms with E-state index in [0.717, 1.165) is 11.3 Å². The molecule has 0 spiro atoms. The Hall–Kier alpha value is -3.30. The number of benzene rings is 2. The monoisotopic (exact) mass is 472 g/mol. The smallest absolute Gasteiger partial charge is 0.318 e. The van der Waals surface area contributed by atoms with Gasteiger partial charge in [-0.15, -0.1) is 0 Å². The Balaban J connectivity index is 1.45. The highest BCUT2D eigenvalue weighted by Crippen LogP contribution is 2.23. The molecule has 2 amide bonds. The zero-order chi connectivity index (χ0) is 23.4. The quantitative estimate of drug-likeness (QED) is 0.501. The molecule has 7 nitrogen and oxygen atoms in total. The molecule has 1 aliphatic rings. The minimum atomic E-state index is -0.507. The van der Waals surface area contributed by atoms with Crippen molar-refractivity contribution < 1.29 is 13.6 Å². The third kappa shape index (κ3) is 5.55. The number of amides is 2. The first kappa shape index (κ1) is 22.9. The van der Waals surface area contributed by atoms with Crippen molar-refractivity contribution in [1.82, 2.24) is 25.5 Å². The molecule has 0 saturated heterocycles. The van der Waals surface area contributed by atoms with Crippen molar-refractivity contribution in [3.8, 4) is 0 Å². The second-order valence-corrected chi connectivity index (χ2v) is 8.11. The summed E-state index contributed by atoms with van der Waals surface area (Å²) in [5, 5.41) is 9.08. The Bertz CT molecular complexity index is 1140. The fraction of sp³-hybridized carbons (Fsp3) is 0.261. The lowest BCUT2D eigenvalue weighted by molar-refractivity contribution is 0.187. The summed E-state index contributed by atoms with van der Waals surface area (Å²) < 4.78 is 26.7. The second kappa shape index (κ2) is 10.1. The number of carbonyl (C=O) groups excluding carboxylic acids is 1. The summed E-state index contributed by atoms with van der Waals surface area (Å²) in [7, 11) is 1.77. The van der Waals surface area contributed by atoms with E-state index in [1.54, 1.807) is 36.3 Å². The third-order valence-corrected chi connectivity index (χ3v) is 5.68. The number of carbonyl (C=O) groups is 1. The highest BCUT2D eigenvalue weighted by atomic mass is 35.5. The van der Waals surface area contributed by atoms with Gasteiger partial charge in [0.25, 0.3) is 0 Å². The molecule has 10 heteroatoms. The lowest BCUT2D eigenvalue weighted by atomic mass is 10.1. The first-order valence-corrected chi connectivity index (χ1v) is 10.8. The Kier molecular flexibility index (Phi) is 7.00. The van der Waals surface area contributed by atoms with E-state index in [9.17, 15) is 13.6 Å². The molecule has 2 aromatic carbocycles. The van der Waals surface area contributed by atoms with Gasteiger partial charge in [-0.3, -0.25) is 0 Å². The largest absolute Gasteiger partial charge is 0.330 e. The van der Waals surface area contributed by atoms with Crippen molar-refractivity contribution in [3.63, 3.8) is 0 Å². The Morgan fingerprint density at radius 3 is 2.73 bits per heavy atom. The van der Waals surface area contributed by atoms with Gasteiger partial charge in [-0.25, -0.2) is 23.5 Å². The molecule has 1 aliphatic heterocycles. The molecule has 33 heavy (non-hydrogen) atoms. The number of nitrogens with one attached hydrogen (secondary N) is 3. The van der Waals surface area contributed by atoms with Crippen LogP contribution in [0.2, 0.25) is 5.02 Å². The van der Waals surface area contributed by atoms with E-state index >= 15 is 0 Å². The molecule has 0 unspecified atom stereocenters. The minimum Gasteiger partial charge on any atom is -0.330 e. The first-order chi connectivity index (χ1) is 15.9. The Morgan fingerprint density at radius 2 is 2.00 bits per heavy atom. The summed E-state index contributed by atoms with van der Waals surface area (Å²) in [6, 6.07) is 9.67. The highest BCUT2D eigenvalue weighted by Gasteiger charge is 2.25. The topological polar surface area (TPSA) is 82.2 Å². The van der Waals surface area contributed by atoms with Crippen LogP contribution in [0.15, 0.2) is 48.7 Å². The van der Waals surface area contributed by atoms with Gasteiger partial charge in [-0.05, 0) is 61.0 Å². The molecule has 2 heterocycles. The summed E-state index contributed by atoms with van der Waals surface area (Å²) in [5.74, 6) is -0.461. The molecule has 1 aromatic heterocycles. The van der Waals surface area contributed by atoms with E-state index in [2.05, 4.69) is 25.9 Å². The lowest BCUT2D eigenvalue weighted by Gasteiger charge is -2.30. The van der Waals surface area contributed by atoms with Crippen molar-refractivity contribution in [2.75, 3.05) is 25.5 Å². The number of aromatic nitrogens is 2. The van der Waals surface area contributed by atoms with Gasteiger partial charge in [0.1, 0.15) is 11.6 Å². The number of hydrogen-bond donors (Lipinski definition) is 3. The molecule has 0 bridgehead atoms. The van der Waals surface area contributed by atoms with Crippen LogP contribution >= 0.6 is 11.6 Å². The second-order valence-electron chi connectivity index (χ2n) is 7.70. The molecule has 3 aromatic rings. The lowest BCUT2D eigenvalue weighted by Crippen LogP contribution is -2.46. The molecule has 4 rings (SSSR count). The van der Waals surface area contributed by atoms with E-state index in [0.29, 0.717) is 43.3 Å². The van der Waals surface area contributed by atoms with Crippen LogP contribution in [0.3, 0.4) is 0 Å². The molecule has 0 radical (unpaired) electrons. The van der Waals surface area contributed by atoms with Gasteiger partial charge in [0.15, 0.2) is 0 Å². The van der Waals surface area contributed by atoms with Crippen molar-refractivity contribution in [2.24, 2.45) is 0 Å². The van der Waals surface area contributed by atoms with Gasteiger partial charge < -0.3 is 20.9 Å². The van der Waals surface area contributed by atoms with Crippen LogP contribution < -0.4 is 16.0 Å². The minimum absolute atomic E-state index is 0.00707. The number of fused-ring (bicyclic) bond motifs is 1. The number of halogens is 3. The molecular weight excluding hydrogens is 450 g/mol. The van der Waals surface area contributed by atoms with E-state index in [1.165, 1.54) is 24.3 Å². The zero-order valence-corrected chi connectivity index (χ0v) is 18.7. The highest BCUT2D eigenvalue weighted by molar-refractivity contribution is 6.30. The third-order valence-electron chi connectivity index (χ3n) is 5.39. The summed E-state index contributed by atoms with van der Waals surface area (Å²) in [6.07, 6.45) is 2.37. The molecule has 1 atom stereocenters. The van der Waals surface area contributed by atoms with Crippen molar-refractivity contribution in [2.45, 2.75) is 19.0 Å². The van der Waals surface area contributed by atoms with E-state index in [4.69, 9.17) is 11.6 Å². The van der Waals surface area contributed by atoms with Crippen LogP contribution in [-0.4, -0.2) is 41.0 Å². The number of urea groups is 1. The Labute approximate surface area is 195 Å². The normalized spacial score (nSPS) is 13.9. The van der Waals surface area contributed by atoms with Gasteiger partial charge in [0.05, 0.1) is 23.3 Å². The average molecular weight is 473 g/mol. The van der Waals surface area contributed by atoms with Crippen LogP contribution in [0.25, 0.3) is 0 Å². The van der Waals surface area contributed by atoms with Crippen LogP contribution in [0, 0.1) is 11.6 Å². The van der Waals surface area contributed by atoms with Crippen LogP contribution in [0.4, 0.5) is 25.2 Å². The summed E-state index contributed by atoms with van der Waals surface area (Å²) in [6.45, 7) is 1.29. The number of likely N-dealkylation sites (N-methyl/N-ethyl adjacent to an activating group) is 1. The zero-order valence-electron chi connectivity index (χ0n) is 17.9. The number of rotatable bonds is 6. The number of nitrogens with zero attached hydrogens (tertiary/aromatic N) is 3. The maximum absolute atomic E-state index is 13.6.